The summed E-state index contributed by atoms with van der Waals surface area (Å²) in [7, 11) is 0. The van der Waals surface area contributed by atoms with Crippen LogP contribution in [0, 0.1) is 0 Å². The van der Waals surface area contributed by atoms with Gasteiger partial charge in [-0.25, -0.2) is 0 Å². The number of fused-ring (bicyclic) bond motifs is 1. The molecule has 0 saturated carbocycles. The molecular weight excluding hydrogens is 218 g/mol. The Hall–Kier alpha value is -2.02. The van der Waals surface area contributed by atoms with Crippen LogP contribution in [0.2, 0.25) is 0 Å². The molecule has 0 aliphatic rings. The fourth-order valence-corrected chi connectivity index (χ4v) is 2.73. The van der Waals surface area contributed by atoms with E-state index in [1.54, 1.807) is 0 Å². The van der Waals surface area contributed by atoms with Crippen LogP contribution in [0.4, 0.5) is 0 Å². The summed E-state index contributed by atoms with van der Waals surface area (Å²) in [5.74, 6) is 0.477. The molecule has 1 heteroatoms. The van der Waals surface area contributed by atoms with Gasteiger partial charge in [-0.1, -0.05) is 49.4 Å². The minimum atomic E-state index is 0.477. The maximum Gasteiger partial charge on any atom is 0.0456 e. The molecule has 1 atom stereocenters. The van der Waals surface area contributed by atoms with E-state index >= 15 is 0 Å². The van der Waals surface area contributed by atoms with E-state index in [-0.39, 0.29) is 0 Å². The molecule has 0 radical (unpaired) electrons. The fraction of sp³-hybridized carbons (Fsp3) is 0.176. The first-order chi connectivity index (χ1) is 8.90. The molecule has 3 rings (SSSR count). The van der Waals surface area contributed by atoms with Crippen molar-refractivity contribution in [1.29, 1.82) is 0 Å². The lowest BCUT2D eigenvalue weighted by atomic mass is 9.87. The van der Waals surface area contributed by atoms with Gasteiger partial charge in [0, 0.05) is 23.0 Å². The Morgan fingerprint density at radius 1 is 0.944 bits per heavy atom. The lowest BCUT2D eigenvalue weighted by Crippen LogP contribution is -1.99. The minimum Gasteiger partial charge on any atom is -0.361 e. The smallest absolute Gasteiger partial charge is 0.0456 e. The third-order valence-electron chi connectivity index (χ3n) is 3.61. The lowest BCUT2D eigenvalue weighted by Gasteiger charge is -2.17. The lowest BCUT2D eigenvalue weighted by molar-refractivity contribution is 0.784. The van der Waals surface area contributed by atoms with E-state index in [1.807, 2.05) is 6.20 Å². The van der Waals surface area contributed by atoms with Crippen LogP contribution in [-0.2, 0) is 0 Å². The van der Waals surface area contributed by atoms with Gasteiger partial charge in [0.2, 0.25) is 0 Å². The first-order valence-corrected chi connectivity index (χ1v) is 6.51. The van der Waals surface area contributed by atoms with Gasteiger partial charge in [-0.15, -0.1) is 0 Å². The maximum atomic E-state index is 3.29. The van der Waals surface area contributed by atoms with Crippen molar-refractivity contribution in [3.63, 3.8) is 0 Å². The van der Waals surface area contributed by atoms with Crippen LogP contribution in [0.5, 0.6) is 0 Å². The monoisotopic (exact) mass is 235 g/mol. The average molecular weight is 235 g/mol. The normalized spacial score (nSPS) is 12.7. The Bertz CT molecular complexity index is 637. The van der Waals surface area contributed by atoms with Crippen molar-refractivity contribution < 1.29 is 0 Å². The van der Waals surface area contributed by atoms with E-state index in [0.717, 1.165) is 6.42 Å². The van der Waals surface area contributed by atoms with Crippen LogP contribution >= 0.6 is 0 Å². The Kier molecular flexibility index (Phi) is 2.89. The Labute approximate surface area is 107 Å². The van der Waals surface area contributed by atoms with Gasteiger partial charge in [-0.05, 0) is 29.7 Å². The van der Waals surface area contributed by atoms with Crippen LogP contribution in [0.1, 0.15) is 30.4 Å². The summed E-state index contributed by atoms with van der Waals surface area (Å²) in [4.78, 5) is 3.29. The zero-order chi connectivity index (χ0) is 12.4. The SMILES string of the molecule is CCC(c1ccccc1)c1cccc2[nH]ccc12. The van der Waals surface area contributed by atoms with Crippen molar-refractivity contribution in [3.05, 3.63) is 71.9 Å². The molecule has 0 aliphatic heterocycles. The predicted molar refractivity (Wildman–Crippen MR) is 76.9 cm³/mol. The first-order valence-electron chi connectivity index (χ1n) is 6.51. The van der Waals surface area contributed by atoms with E-state index in [0.29, 0.717) is 5.92 Å². The number of benzene rings is 2. The number of nitrogens with one attached hydrogen (secondary N) is 1. The van der Waals surface area contributed by atoms with Gasteiger partial charge in [-0.3, -0.25) is 0 Å². The van der Waals surface area contributed by atoms with E-state index in [2.05, 4.69) is 66.5 Å². The zero-order valence-electron chi connectivity index (χ0n) is 10.6. The molecule has 0 fully saturated rings. The second kappa shape index (κ2) is 4.69. The molecule has 0 spiro atoms. The molecule has 1 N–H and O–H groups in total. The van der Waals surface area contributed by atoms with Gasteiger partial charge in [0.05, 0.1) is 0 Å². The standard InChI is InChI=1S/C17H17N/c1-2-14(13-7-4-3-5-8-13)15-9-6-10-17-16(15)11-12-18-17/h3-12,14,18H,2H2,1H3. The molecule has 0 amide bonds. The molecular formula is C17H17N. The average Bonchev–Trinajstić information content (AvgIpc) is 2.90. The first kappa shape index (κ1) is 11.1. The van der Waals surface area contributed by atoms with Gasteiger partial charge >= 0.3 is 0 Å². The molecule has 1 heterocycles. The Morgan fingerprint density at radius 3 is 2.56 bits per heavy atom. The molecule has 2 aromatic carbocycles. The molecule has 0 saturated heterocycles. The Morgan fingerprint density at radius 2 is 1.78 bits per heavy atom. The fourth-order valence-electron chi connectivity index (χ4n) is 2.73. The number of aromatic nitrogens is 1. The third kappa shape index (κ3) is 1.82. The summed E-state index contributed by atoms with van der Waals surface area (Å²) in [6.45, 7) is 2.25. The van der Waals surface area contributed by atoms with Gasteiger partial charge in [0.25, 0.3) is 0 Å². The van der Waals surface area contributed by atoms with Gasteiger partial charge in [0.1, 0.15) is 0 Å². The van der Waals surface area contributed by atoms with Crippen LogP contribution in [0.25, 0.3) is 10.9 Å². The summed E-state index contributed by atoms with van der Waals surface area (Å²) in [6, 6.07) is 19.5. The molecule has 3 aromatic rings. The molecule has 1 nitrogen and oxygen atoms in total. The van der Waals surface area contributed by atoms with E-state index in [1.165, 1.54) is 22.0 Å². The molecule has 0 aliphatic carbocycles. The van der Waals surface area contributed by atoms with Crippen molar-refractivity contribution in [3.8, 4) is 0 Å². The molecule has 1 unspecified atom stereocenters. The maximum absolute atomic E-state index is 3.29. The van der Waals surface area contributed by atoms with Crippen molar-refractivity contribution in [1.82, 2.24) is 4.98 Å². The highest BCUT2D eigenvalue weighted by atomic mass is 14.7. The summed E-state index contributed by atoms with van der Waals surface area (Å²) in [5, 5.41) is 1.34. The van der Waals surface area contributed by atoms with Crippen molar-refractivity contribution in [2.24, 2.45) is 0 Å². The largest absolute Gasteiger partial charge is 0.361 e. The number of hydrogen-bond donors (Lipinski definition) is 1. The van der Waals surface area contributed by atoms with Crippen LogP contribution in [0.15, 0.2) is 60.8 Å². The summed E-state index contributed by atoms with van der Waals surface area (Å²) >= 11 is 0. The second-order valence-electron chi connectivity index (χ2n) is 4.66. The minimum absolute atomic E-state index is 0.477. The highest BCUT2D eigenvalue weighted by Gasteiger charge is 2.14. The van der Waals surface area contributed by atoms with Crippen LogP contribution in [-0.4, -0.2) is 4.98 Å². The van der Waals surface area contributed by atoms with Crippen LogP contribution < -0.4 is 0 Å². The Balaban J connectivity index is 2.15. The highest BCUT2D eigenvalue weighted by Crippen LogP contribution is 2.32. The molecule has 1 aromatic heterocycles. The number of aromatic amines is 1. The van der Waals surface area contributed by atoms with E-state index in [4.69, 9.17) is 0 Å². The second-order valence-corrected chi connectivity index (χ2v) is 4.66. The van der Waals surface area contributed by atoms with E-state index in [9.17, 15) is 0 Å². The number of hydrogen-bond acceptors (Lipinski definition) is 0. The molecule has 0 bridgehead atoms. The third-order valence-corrected chi connectivity index (χ3v) is 3.61. The zero-order valence-corrected chi connectivity index (χ0v) is 10.6. The van der Waals surface area contributed by atoms with Gasteiger partial charge < -0.3 is 4.98 Å². The summed E-state index contributed by atoms with van der Waals surface area (Å²) < 4.78 is 0. The van der Waals surface area contributed by atoms with E-state index < -0.39 is 0 Å². The summed E-state index contributed by atoms with van der Waals surface area (Å²) in [5.41, 5.74) is 4.04. The molecule has 90 valence electrons. The van der Waals surface area contributed by atoms with Crippen molar-refractivity contribution in [2.45, 2.75) is 19.3 Å². The highest BCUT2D eigenvalue weighted by molar-refractivity contribution is 5.83. The van der Waals surface area contributed by atoms with Crippen molar-refractivity contribution >= 4 is 10.9 Å². The predicted octanol–water partition coefficient (Wildman–Crippen LogP) is 4.71. The van der Waals surface area contributed by atoms with Crippen LogP contribution in [0.3, 0.4) is 0 Å². The molecule has 18 heavy (non-hydrogen) atoms. The topological polar surface area (TPSA) is 15.8 Å². The number of rotatable bonds is 3. The summed E-state index contributed by atoms with van der Waals surface area (Å²) in [6.07, 6.45) is 3.14. The van der Waals surface area contributed by atoms with Gasteiger partial charge in [0.15, 0.2) is 0 Å². The van der Waals surface area contributed by atoms with Gasteiger partial charge in [-0.2, -0.15) is 0 Å². The van der Waals surface area contributed by atoms with Crippen molar-refractivity contribution in [2.75, 3.05) is 0 Å². The number of H-pyrrole nitrogens is 1. The quantitative estimate of drug-likeness (QED) is 0.676.